The van der Waals surface area contributed by atoms with Crippen LogP contribution in [-0.4, -0.2) is 45.4 Å². The lowest BCUT2D eigenvalue weighted by Gasteiger charge is -2.22. The molecule has 0 spiro atoms. The summed E-state index contributed by atoms with van der Waals surface area (Å²) < 4.78 is 15.6. The summed E-state index contributed by atoms with van der Waals surface area (Å²) in [7, 11) is 0. The van der Waals surface area contributed by atoms with E-state index in [2.05, 4.69) is 0 Å². The van der Waals surface area contributed by atoms with Crippen molar-refractivity contribution in [2.24, 2.45) is 0 Å². The van der Waals surface area contributed by atoms with E-state index >= 15 is 0 Å². The van der Waals surface area contributed by atoms with Crippen molar-refractivity contribution < 1.29 is 48.3 Å². The molecule has 1 aromatic heterocycles. The Bertz CT molecular complexity index is 1530. The van der Waals surface area contributed by atoms with Gasteiger partial charge in [-0.25, -0.2) is 14.4 Å². The van der Waals surface area contributed by atoms with Crippen molar-refractivity contribution in [3.05, 3.63) is 106 Å². The zero-order chi connectivity index (χ0) is 34.6. The summed E-state index contributed by atoms with van der Waals surface area (Å²) in [4.78, 5) is 43.2. The fourth-order valence-electron chi connectivity index (χ4n) is 4.21. The zero-order valence-electron chi connectivity index (χ0n) is 27.6. The average molecular weight is 657 g/mol. The van der Waals surface area contributed by atoms with Crippen molar-refractivity contribution in [2.75, 3.05) is 0 Å². The van der Waals surface area contributed by atoms with Crippen LogP contribution in [0.25, 0.3) is 11.0 Å². The molecule has 2 atom stereocenters. The highest BCUT2D eigenvalue weighted by atomic mass is 19.0. The van der Waals surface area contributed by atoms with Crippen molar-refractivity contribution in [1.29, 1.82) is 0 Å². The highest BCUT2D eigenvalue weighted by Crippen LogP contribution is 2.27. The van der Waals surface area contributed by atoms with Gasteiger partial charge in [-0.1, -0.05) is 90.1 Å². The molecule has 2 aliphatic heterocycles. The number of aryl methyl sites for hydroxylation is 2. The van der Waals surface area contributed by atoms with Crippen LogP contribution in [-0.2, 0) is 22.4 Å². The summed E-state index contributed by atoms with van der Waals surface area (Å²) in [5, 5.41) is 26.5. The van der Waals surface area contributed by atoms with Crippen LogP contribution >= 0.6 is 0 Å². The molecule has 3 heterocycles. The van der Waals surface area contributed by atoms with E-state index in [1.807, 2.05) is 90.1 Å². The summed E-state index contributed by atoms with van der Waals surface area (Å²) in [6, 6.07) is 22.6. The molecule has 10 nitrogen and oxygen atoms in total. The molecule has 0 fully saturated rings. The van der Waals surface area contributed by atoms with E-state index in [-0.39, 0.29) is 21.5 Å². The molecule has 11 heteroatoms. The number of carboxylic acids is 3. The third kappa shape index (κ3) is 12.6. The van der Waals surface area contributed by atoms with Crippen LogP contribution in [0.4, 0.5) is 4.70 Å². The van der Waals surface area contributed by atoms with Gasteiger partial charge in [-0.15, -0.1) is 0 Å². The summed E-state index contributed by atoms with van der Waals surface area (Å²) >= 11 is 0. The van der Waals surface area contributed by atoms with Gasteiger partial charge >= 0.3 is 17.9 Å². The van der Waals surface area contributed by atoms with Crippen molar-refractivity contribution in [2.45, 2.75) is 79.4 Å². The molecule has 0 unspecified atom stereocenters. The van der Waals surface area contributed by atoms with E-state index in [4.69, 9.17) is 29.2 Å². The molecule has 0 saturated carbocycles. The maximum Gasteiger partial charge on any atom is 0.371 e. The molecule has 4 aromatic rings. The zero-order valence-corrected chi connectivity index (χ0v) is 27.6. The number of benzene rings is 3. The topological polar surface area (TPSA) is 161 Å². The lowest BCUT2D eigenvalue weighted by atomic mass is 10.0. The second-order valence-corrected chi connectivity index (χ2v) is 8.96. The Morgan fingerprint density at radius 2 is 1.04 bits per heavy atom. The number of rotatable bonds is 3. The number of aliphatic carboxylic acids is 2. The first-order chi connectivity index (χ1) is 22.2. The molecular weight excluding hydrogens is 611 g/mol. The smallest absolute Gasteiger partial charge is 0.371 e. The van der Waals surface area contributed by atoms with Crippen LogP contribution in [0, 0.1) is 0 Å². The number of aromatic carboxylic acids is 1. The first-order valence-electron chi connectivity index (χ1n) is 15.4. The van der Waals surface area contributed by atoms with E-state index < -0.39 is 30.1 Å². The Morgan fingerprint density at radius 3 is 1.47 bits per heavy atom. The molecule has 0 bridgehead atoms. The van der Waals surface area contributed by atoms with Gasteiger partial charge in [-0.2, -0.15) is 0 Å². The van der Waals surface area contributed by atoms with E-state index in [0.29, 0.717) is 29.7 Å². The molecule has 3 aromatic carbocycles. The van der Waals surface area contributed by atoms with Gasteiger partial charge in [0.05, 0.1) is 5.39 Å². The summed E-state index contributed by atoms with van der Waals surface area (Å²) in [6.07, 6.45) is 1.35. The minimum absolute atomic E-state index is 0. The lowest BCUT2D eigenvalue weighted by molar-refractivity contribution is -0.146. The first-order valence-corrected chi connectivity index (χ1v) is 15.4. The van der Waals surface area contributed by atoms with Crippen LogP contribution in [0.2, 0.25) is 0 Å². The predicted octanol–water partition coefficient (Wildman–Crippen LogP) is 7.65. The van der Waals surface area contributed by atoms with E-state index in [0.717, 1.165) is 30.0 Å². The molecule has 256 valence electrons. The molecule has 0 radical (unpaired) electrons. The molecule has 2 aliphatic rings. The third-order valence-electron chi connectivity index (χ3n) is 6.23. The number of ether oxygens (including phenoxy) is 2. The fraction of sp³-hybridized carbons (Fsp3) is 0.333. The van der Waals surface area contributed by atoms with Crippen LogP contribution in [0.15, 0.2) is 88.1 Å². The van der Waals surface area contributed by atoms with Crippen LogP contribution < -0.4 is 14.9 Å². The van der Waals surface area contributed by atoms with E-state index in [1.54, 1.807) is 24.3 Å². The van der Waals surface area contributed by atoms with Gasteiger partial charge in [0.15, 0.2) is 17.6 Å². The average Bonchev–Trinajstić information content (AvgIpc) is 3.11. The standard InChI is InChI=1S/C10H6O4.2C10H10O3.3C2H6.FH/c11-7-5-9(10(12)13)14-8-4-2-1-3-6(7)8;2*11-10(12)9-6-5-7-3-1-2-4-8(7)13-9;3*1-2;/h1-5H,(H,12,13);2*1-4,9H,5-6H2,(H,11,12);3*1-2H3;1H/t;2*9-;;;;/m.11..../s1. The van der Waals surface area contributed by atoms with Gasteiger partial charge in [0.2, 0.25) is 5.76 Å². The van der Waals surface area contributed by atoms with Crippen LogP contribution in [0.5, 0.6) is 11.5 Å². The first kappa shape index (κ1) is 41.8. The fourth-order valence-corrected chi connectivity index (χ4v) is 4.21. The molecule has 6 rings (SSSR count). The van der Waals surface area contributed by atoms with E-state index in [9.17, 15) is 19.2 Å². The van der Waals surface area contributed by atoms with Crippen molar-refractivity contribution in [1.82, 2.24) is 0 Å². The Kier molecular flexibility index (Phi) is 19.9. The predicted molar refractivity (Wildman–Crippen MR) is 180 cm³/mol. The number of fused-ring (bicyclic) bond motifs is 3. The number of hydrogen-bond acceptors (Lipinski definition) is 7. The normalized spacial score (nSPS) is 14.6. The molecule has 3 N–H and O–H groups in total. The van der Waals surface area contributed by atoms with Gasteiger partial charge in [0.25, 0.3) is 0 Å². The Balaban J connectivity index is 0.000000619. The minimum atomic E-state index is -1.24. The van der Waals surface area contributed by atoms with E-state index in [1.165, 1.54) is 0 Å². The van der Waals surface area contributed by atoms with Crippen LogP contribution in [0.1, 0.15) is 76.1 Å². The SMILES string of the molecule is CC.CC.CC.F.O=C(O)[C@H]1CCc2ccccc2O1.O=C(O)[C@H]1CCc2ccccc2O1.O=C(O)c1cc(=O)c2ccccc2o1. The molecule has 0 amide bonds. The maximum atomic E-state index is 11.4. The van der Waals surface area contributed by atoms with Crippen molar-refractivity contribution in [3.8, 4) is 11.5 Å². The number of carbonyl (C=O) groups is 3. The molecule has 0 saturated heterocycles. The van der Waals surface area contributed by atoms with Gasteiger partial charge in [0, 0.05) is 6.07 Å². The monoisotopic (exact) mass is 656 g/mol. The second-order valence-electron chi connectivity index (χ2n) is 8.96. The lowest BCUT2D eigenvalue weighted by Crippen LogP contribution is -2.30. The maximum absolute atomic E-state index is 11.4. The molecule has 0 aliphatic carbocycles. The molecular formula is C36H45FO10. The quantitative estimate of drug-likeness (QED) is 0.200. The highest BCUT2D eigenvalue weighted by molar-refractivity contribution is 5.87. The van der Waals surface area contributed by atoms with Crippen molar-refractivity contribution in [3.63, 3.8) is 0 Å². The summed E-state index contributed by atoms with van der Waals surface area (Å²) in [6.45, 7) is 12.0. The number of carboxylic acid groups (broad SMARTS) is 3. The summed E-state index contributed by atoms with van der Waals surface area (Å²) in [5.74, 6) is -1.92. The number of para-hydroxylation sites is 3. The van der Waals surface area contributed by atoms with Crippen LogP contribution in [0.3, 0.4) is 0 Å². The summed E-state index contributed by atoms with van der Waals surface area (Å²) in [5.41, 5.74) is 2.14. The number of halogens is 1. The van der Waals surface area contributed by atoms with Gasteiger partial charge in [0.1, 0.15) is 17.1 Å². The van der Waals surface area contributed by atoms with Gasteiger partial charge in [-0.3, -0.25) is 9.50 Å². The highest BCUT2D eigenvalue weighted by Gasteiger charge is 2.25. The number of hydrogen-bond donors (Lipinski definition) is 3. The van der Waals surface area contributed by atoms with Crippen molar-refractivity contribution >= 4 is 28.9 Å². The molecule has 47 heavy (non-hydrogen) atoms. The Hall–Kier alpha value is -5.19. The minimum Gasteiger partial charge on any atom is -0.479 e. The largest absolute Gasteiger partial charge is 0.479 e. The Morgan fingerprint density at radius 1 is 0.638 bits per heavy atom. The van der Waals surface area contributed by atoms with Gasteiger partial charge < -0.3 is 29.2 Å². The Labute approximate surface area is 274 Å². The van der Waals surface area contributed by atoms with Gasteiger partial charge in [-0.05, 0) is 61.1 Å². The second kappa shape index (κ2) is 22.3. The third-order valence-corrected chi connectivity index (χ3v) is 6.23.